The van der Waals surface area contributed by atoms with E-state index in [1.165, 1.54) is 12.5 Å². The Bertz CT molecular complexity index is 603. The normalized spacial score (nSPS) is 12.2. The molecule has 0 aliphatic heterocycles. The fourth-order valence-electron chi connectivity index (χ4n) is 2.08. The quantitative estimate of drug-likeness (QED) is 0.774. The van der Waals surface area contributed by atoms with E-state index in [-0.39, 0.29) is 6.42 Å². The second-order valence-corrected chi connectivity index (χ2v) is 7.00. The third-order valence-corrected chi connectivity index (χ3v) is 3.45. The highest BCUT2D eigenvalue weighted by Crippen LogP contribution is 2.08. The molecule has 0 aliphatic rings. The van der Waals surface area contributed by atoms with Gasteiger partial charge in [-0.3, -0.25) is 14.9 Å². The van der Waals surface area contributed by atoms with E-state index in [4.69, 9.17) is 4.74 Å². The van der Waals surface area contributed by atoms with E-state index in [9.17, 15) is 14.4 Å². The number of carbonyl (C=O) groups is 3. The Labute approximate surface area is 149 Å². The van der Waals surface area contributed by atoms with E-state index < -0.39 is 29.6 Å². The van der Waals surface area contributed by atoms with E-state index >= 15 is 0 Å². The van der Waals surface area contributed by atoms with Crippen molar-refractivity contribution in [1.29, 1.82) is 0 Å². The summed E-state index contributed by atoms with van der Waals surface area (Å²) in [7, 11) is 0. The number of hydrogen-bond acceptors (Lipinski definition) is 4. The molecule has 1 aromatic carbocycles. The number of nitrogens with one attached hydrogen (secondary N) is 2. The Morgan fingerprint density at radius 2 is 1.64 bits per heavy atom. The predicted molar refractivity (Wildman–Crippen MR) is 96.1 cm³/mol. The minimum atomic E-state index is -1.03. The molecule has 25 heavy (non-hydrogen) atoms. The monoisotopic (exact) mass is 348 g/mol. The topological polar surface area (TPSA) is 84.5 Å². The molecule has 0 unspecified atom stereocenters. The van der Waals surface area contributed by atoms with Gasteiger partial charge in [-0.15, -0.1) is 0 Å². The van der Waals surface area contributed by atoms with Crippen molar-refractivity contribution in [3.8, 4) is 0 Å². The van der Waals surface area contributed by atoms with Crippen molar-refractivity contribution < 1.29 is 19.1 Å². The number of aryl methyl sites for hydroxylation is 2. The van der Waals surface area contributed by atoms with Crippen molar-refractivity contribution in [2.45, 2.75) is 65.5 Å². The lowest BCUT2D eigenvalue weighted by Gasteiger charge is -2.21. The lowest BCUT2D eigenvalue weighted by Crippen LogP contribution is -2.50. The molecule has 0 saturated carbocycles. The third-order valence-electron chi connectivity index (χ3n) is 3.45. The van der Waals surface area contributed by atoms with Crippen molar-refractivity contribution >= 4 is 17.9 Å². The average Bonchev–Trinajstić information content (AvgIpc) is 2.51. The van der Waals surface area contributed by atoms with Gasteiger partial charge in [-0.2, -0.15) is 0 Å². The second kappa shape index (κ2) is 9.20. The van der Waals surface area contributed by atoms with Crippen molar-refractivity contribution in [1.82, 2.24) is 10.6 Å². The highest BCUT2D eigenvalue weighted by molar-refractivity contribution is 5.97. The summed E-state index contributed by atoms with van der Waals surface area (Å²) in [5.74, 6) is -1.12. The number of benzene rings is 1. The van der Waals surface area contributed by atoms with Crippen LogP contribution in [0.2, 0.25) is 0 Å². The first-order valence-electron chi connectivity index (χ1n) is 8.51. The zero-order chi connectivity index (χ0) is 19.0. The van der Waals surface area contributed by atoms with Gasteiger partial charge in [-0.1, -0.05) is 31.2 Å². The van der Waals surface area contributed by atoms with Gasteiger partial charge < -0.3 is 10.1 Å². The molecular formula is C19H28N2O4. The van der Waals surface area contributed by atoms with Gasteiger partial charge in [0.15, 0.2) is 6.10 Å². The molecule has 0 aromatic heterocycles. The molecular weight excluding hydrogens is 320 g/mol. The molecule has 2 N–H and O–H groups in total. The fraction of sp³-hybridized carbons (Fsp3) is 0.526. The maximum Gasteiger partial charge on any atom is 0.321 e. The SMILES string of the molecule is CCc1ccc(CCC(=O)O[C@@H](C)C(=O)NC(=O)NC(C)(C)C)cc1. The number of imide groups is 1. The van der Waals surface area contributed by atoms with Crippen LogP contribution in [0.4, 0.5) is 4.79 Å². The van der Waals surface area contributed by atoms with Crippen molar-refractivity contribution in [3.05, 3.63) is 35.4 Å². The van der Waals surface area contributed by atoms with Crippen molar-refractivity contribution in [2.75, 3.05) is 0 Å². The molecule has 6 nitrogen and oxygen atoms in total. The van der Waals surface area contributed by atoms with Gasteiger partial charge in [0.2, 0.25) is 0 Å². The van der Waals surface area contributed by atoms with Gasteiger partial charge in [0.1, 0.15) is 0 Å². The van der Waals surface area contributed by atoms with E-state index in [1.54, 1.807) is 20.8 Å². The van der Waals surface area contributed by atoms with E-state index in [2.05, 4.69) is 17.6 Å². The summed E-state index contributed by atoms with van der Waals surface area (Å²) in [5.41, 5.74) is 1.82. The Balaban J connectivity index is 2.39. The molecule has 3 amide bonds. The first kappa shape index (κ1) is 20.7. The molecule has 0 heterocycles. The zero-order valence-corrected chi connectivity index (χ0v) is 15.6. The summed E-state index contributed by atoms with van der Waals surface area (Å²) in [6.07, 6.45) is 0.664. The lowest BCUT2D eigenvalue weighted by molar-refractivity contribution is -0.154. The minimum absolute atomic E-state index is 0.178. The Morgan fingerprint density at radius 1 is 1.08 bits per heavy atom. The number of hydrogen-bond donors (Lipinski definition) is 2. The van der Waals surface area contributed by atoms with E-state index in [1.807, 2.05) is 24.3 Å². The maximum absolute atomic E-state index is 11.9. The summed E-state index contributed by atoms with van der Waals surface area (Å²) >= 11 is 0. The van der Waals surface area contributed by atoms with Gasteiger partial charge >= 0.3 is 12.0 Å². The summed E-state index contributed by atoms with van der Waals surface area (Å²) in [6.45, 7) is 8.92. The number of ether oxygens (including phenoxy) is 1. The summed E-state index contributed by atoms with van der Waals surface area (Å²) < 4.78 is 5.08. The van der Waals surface area contributed by atoms with Crippen LogP contribution < -0.4 is 10.6 Å². The first-order valence-corrected chi connectivity index (χ1v) is 8.51. The molecule has 138 valence electrons. The summed E-state index contributed by atoms with van der Waals surface area (Å²) in [4.78, 5) is 35.4. The number of amides is 3. The minimum Gasteiger partial charge on any atom is -0.453 e. The molecule has 0 saturated heterocycles. The van der Waals surface area contributed by atoms with Gasteiger partial charge in [-0.25, -0.2) is 4.79 Å². The maximum atomic E-state index is 11.9. The number of carbonyl (C=O) groups excluding carboxylic acids is 3. The molecule has 1 atom stereocenters. The Kier molecular flexibility index (Phi) is 7.61. The Morgan fingerprint density at radius 3 is 2.16 bits per heavy atom. The zero-order valence-electron chi connectivity index (χ0n) is 15.6. The van der Waals surface area contributed by atoms with Crippen LogP contribution in [0, 0.1) is 0 Å². The molecule has 0 fully saturated rings. The van der Waals surface area contributed by atoms with Crippen LogP contribution in [0.5, 0.6) is 0 Å². The van der Waals surface area contributed by atoms with Crippen LogP contribution in [-0.2, 0) is 27.2 Å². The van der Waals surface area contributed by atoms with Gasteiger partial charge in [0, 0.05) is 12.0 Å². The molecule has 6 heteroatoms. The smallest absolute Gasteiger partial charge is 0.321 e. The first-order chi connectivity index (χ1) is 11.6. The van der Waals surface area contributed by atoms with Gasteiger partial charge in [0.25, 0.3) is 5.91 Å². The largest absolute Gasteiger partial charge is 0.453 e. The average molecular weight is 348 g/mol. The number of rotatable bonds is 6. The molecule has 0 radical (unpaired) electrons. The van der Waals surface area contributed by atoms with E-state index in [0.29, 0.717) is 6.42 Å². The number of urea groups is 1. The van der Waals surface area contributed by atoms with Crippen molar-refractivity contribution in [2.24, 2.45) is 0 Å². The van der Waals surface area contributed by atoms with E-state index in [0.717, 1.165) is 12.0 Å². The molecule has 0 spiro atoms. The second-order valence-electron chi connectivity index (χ2n) is 7.00. The number of esters is 1. The molecule has 0 aliphatic carbocycles. The molecule has 1 aromatic rings. The lowest BCUT2D eigenvalue weighted by atomic mass is 10.1. The van der Waals surface area contributed by atoms with Crippen LogP contribution >= 0.6 is 0 Å². The standard InChI is InChI=1S/C19H28N2O4/c1-6-14-7-9-15(10-8-14)11-12-16(22)25-13(2)17(23)20-18(24)21-19(3,4)5/h7-10,13H,6,11-12H2,1-5H3,(H2,20,21,23,24)/t13-/m0/s1. The van der Waals surface area contributed by atoms with Crippen LogP contribution in [0.3, 0.4) is 0 Å². The van der Waals surface area contributed by atoms with Crippen LogP contribution in [-0.4, -0.2) is 29.6 Å². The molecule has 1 rings (SSSR count). The highest BCUT2D eigenvalue weighted by Gasteiger charge is 2.21. The third kappa shape index (κ3) is 8.33. The summed E-state index contributed by atoms with van der Waals surface area (Å²) in [5, 5.41) is 4.76. The van der Waals surface area contributed by atoms with Crippen LogP contribution in [0.15, 0.2) is 24.3 Å². The molecule has 0 bridgehead atoms. The Hall–Kier alpha value is -2.37. The van der Waals surface area contributed by atoms with Crippen molar-refractivity contribution in [3.63, 3.8) is 0 Å². The van der Waals surface area contributed by atoms with Crippen LogP contribution in [0.25, 0.3) is 0 Å². The fourth-order valence-corrected chi connectivity index (χ4v) is 2.08. The predicted octanol–water partition coefficient (Wildman–Crippen LogP) is 2.74. The highest BCUT2D eigenvalue weighted by atomic mass is 16.5. The van der Waals surface area contributed by atoms with Gasteiger partial charge in [-0.05, 0) is 51.7 Å². The van der Waals surface area contributed by atoms with Crippen LogP contribution in [0.1, 0.15) is 52.2 Å². The summed E-state index contributed by atoms with van der Waals surface area (Å²) in [6, 6.07) is 7.42. The van der Waals surface area contributed by atoms with Gasteiger partial charge in [0.05, 0.1) is 0 Å².